The zero-order chi connectivity index (χ0) is 13.5. The van der Waals surface area contributed by atoms with Crippen LogP contribution in [0.2, 0.25) is 0 Å². The Morgan fingerprint density at radius 2 is 2.00 bits per heavy atom. The Balaban J connectivity index is 2.68. The fraction of sp³-hybridized carbons (Fsp3) is 0.500. The van der Waals surface area contributed by atoms with Crippen molar-refractivity contribution in [1.29, 1.82) is 0 Å². The number of carbonyl (C=O) groups is 1. The smallest absolute Gasteiger partial charge is 0.307 e. The third-order valence-corrected chi connectivity index (χ3v) is 3.15. The number of carboxylic acid groups (broad SMARTS) is 1. The van der Waals surface area contributed by atoms with E-state index in [1.807, 2.05) is 6.92 Å². The van der Waals surface area contributed by atoms with Gasteiger partial charge in [0, 0.05) is 13.7 Å². The molecule has 0 fully saturated rings. The van der Waals surface area contributed by atoms with Crippen molar-refractivity contribution < 1.29 is 19.0 Å². The van der Waals surface area contributed by atoms with Gasteiger partial charge in [-0.2, -0.15) is 0 Å². The molecule has 0 aliphatic heterocycles. The van der Waals surface area contributed by atoms with E-state index in [1.54, 1.807) is 19.2 Å². The number of methoxy groups -OCH3 is 1. The van der Waals surface area contributed by atoms with E-state index in [0.717, 1.165) is 5.56 Å². The SMILES string of the molecule is COCCC(C)C(Cc1ccc(F)cc1)C(=O)O. The molecule has 0 heterocycles. The first kappa shape index (κ1) is 14.6. The summed E-state index contributed by atoms with van der Waals surface area (Å²) in [6, 6.07) is 5.98. The number of ether oxygens (including phenoxy) is 1. The molecule has 4 heteroatoms. The molecule has 0 amide bonds. The fourth-order valence-corrected chi connectivity index (χ4v) is 1.91. The standard InChI is InChI=1S/C14H19FO3/c1-10(7-8-18-2)13(14(16)17)9-11-3-5-12(15)6-4-11/h3-6,10,13H,7-9H2,1-2H3,(H,16,17). The zero-order valence-corrected chi connectivity index (χ0v) is 10.7. The van der Waals surface area contributed by atoms with E-state index in [9.17, 15) is 14.3 Å². The van der Waals surface area contributed by atoms with E-state index in [2.05, 4.69) is 0 Å². The molecule has 18 heavy (non-hydrogen) atoms. The van der Waals surface area contributed by atoms with E-state index in [0.29, 0.717) is 19.4 Å². The van der Waals surface area contributed by atoms with Gasteiger partial charge in [0.1, 0.15) is 5.82 Å². The first-order chi connectivity index (χ1) is 8.54. The molecule has 1 aromatic rings. The number of hydrogen-bond donors (Lipinski definition) is 1. The van der Waals surface area contributed by atoms with Gasteiger partial charge in [0.15, 0.2) is 0 Å². The van der Waals surface area contributed by atoms with E-state index in [4.69, 9.17) is 4.74 Å². The second-order valence-electron chi connectivity index (χ2n) is 4.53. The highest BCUT2D eigenvalue weighted by Crippen LogP contribution is 2.21. The average Bonchev–Trinajstić information content (AvgIpc) is 2.34. The van der Waals surface area contributed by atoms with Crippen LogP contribution in [0.3, 0.4) is 0 Å². The lowest BCUT2D eigenvalue weighted by atomic mass is 9.86. The molecular weight excluding hydrogens is 235 g/mol. The van der Waals surface area contributed by atoms with Crippen molar-refractivity contribution in [1.82, 2.24) is 0 Å². The summed E-state index contributed by atoms with van der Waals surface area (Å²) in [5, 5.41) is 9.24. The third-order valence-electron chi connectivity index (χ3n) is 3.15. The minimum absolute atomic E-state index is 0.0208. The maximum Gasteiger partial charge on any atom is 0.307 e. The highest BCUT2D eigenvalue weighted by Gasteiger charge is 2.24. The van der Waals surface area contributed by atoms with Gasteiger partial charge in [-0.1, -0.05) is 19.1 Å². The normalized spacial score (nSPS) is 14.2. The van der Waals surface area contributed by atoms with E-state index < -0.39 is 11.9 Å². The lowest BCUT2D eigenvalue weighted by Crippen LogP contribution is -2.25. The lowest BCUT2D eigenvalue weighted by Gasteiger charge is -2.19. The monoisotopic (exact) mass is 254 g/mol. The highest BCUT2D eigenvalue weighted by molar-refractivity contribution is 5.70. The Hall–Kier alpha value is -1.42. The molecule has 0 saturated heterocycles. The summed E-state index contributed by atoms with van der Waals surface area (Å²) >= 11 is 0. The molecule has 3 nitrogen and oxygen atoms in total. The molecule has 0 radical (unpaired) electrons. The number of carboxylic acids is 1. The minimum Gasteiger partial charge on any atom is -0.481 e. The minimum atomic E-state index is -0.817. The maximum atomic E-state index is 12.8. The topological polar surface area (TPSA) is 46.5 Å². The van der Waals surface area contributed by atoms with Crippen molar-refractivity contribution in [3.05, 3.63) is 35.6 Å². The van der Waals surface area contributed by atoms with E-state index >= 15 is 0 Å². The number of aliphatic carboxylic acids is 1. The molecule has 0 aliphatic carbocycles. The first-order valence-corrected chi connectivity index (χ1v) is 6.00. The van der Waals surface area contributed by atoms with Gasteiger partial charge in [0.2, 0.25) is 0 Å². The Kier molecular flexibility index (Phi) is 5.78. The largest absolute Gasteiger partial charge is 0.481 e. The molecule has 0 aromatic heterocycles. The summed E-state index contributed by atoms with van der Waals surface area (Å²) in [6.07, 6.45) is 1.12. The highest BCUT2D eigenvalue weighted by atomic mass is 19.1. The molecule has 1 N–H and O–H groups in total. The maximum absolute atomic E-state index is 12.8. The molecule has 0 bridgehead atoms. The molecule has 0 aliphatic rings. The summed E-state index contributed by atoms with van der Waals surface area (Å²) in [5.41, 5.74) is 0.841. The molecule has 2 unspecified atom stereocenters. The van der Waals surface area contributed by atoms with Crippen molar-refractivity contribution in [3.8, 4) is 0 Å². The Labute approximate surface area is 107 Å². The Morgan fingerprint density at radius 3 is 2.50 bits per heavy atom. The predicted octanol–water partition coefficient (Wildman–Crippen LogP) is 2.74. The molecule has 1 rings (SSSR count). The molecule has 2 atom stereocenters. The van der Waals surface area contributed by atoms with Crippen LogP contribution in [-0.4, -0.2) is 24.8 Å². The first-order valence-electron chi connectivity index (χ1n) is 6.00. The molecule has 0 saturated carbocycles. The fourth-order valence-electron chi connectivity index (χ4n) is 1.91. The van der Waals surface area contributed by atoms with Crippen molar-refractivity contribution >= 4 is 5.97 Å². The van der Waals surface area contributed by atoms with Crippen LogP contribution in [0.1, 0.15) is 18.9 Å². The van der Waals surface area contributed by atoms with Crippen molar-refractivity contribution in [2.24, 2.45) is 11.8 Å². The second-order valence-corrected chi connectivity index (χ2v) is 4.53. The van der Waals surface area contributed by atoms with Gasteiger partial charge in [-0.15, -0.1) is 0 Å². The predicted molar refractivity (Wildman–Crippen MR) is 66.9 cm³/mol. The average molecular weight is 254 g/mol. The summed E-state index contributed by atoms with van der Waals surface area (Å²) < 4.78 is 17.7. The third kappa shape index (κ3) is 4.45. The van der Waals surface area contributed by atoms with E-state index in [1.165, 1.54) is 12.1 Å². The number of hydrogen-bond acceptors (Lipinski definition) is 2. The van der Waals surface area contributed by atoms with Gasteiger partial charge in [-0.3, -0.25) is 4.79 Å². The van der Waals surface area contributed by atoms with Crippen LogP contribution in [0.15, 0.2) is 24.3 Å². The molecule has 1 aromatic carbocycles. The van der Waals surface area contributed by atoms with Crippen LogP contribution >= 0.6 is 0 Å². The van der Waals surface area contributed by atoms with Gasteiger partial charge in [-0.25, -0.2) is 4.39 Å². The Bertz CT molecular complexity index is 375. The summed E-state index contributed by atoms with van der Waals surface area (Å²) in [4.78, 5) is 11.3. The van der Waals surface area contributed by atoms with Crippen LogP contribution in [-0.2, 0) is 16.0 Å². The van der Waals surface area contributed by atoms with Gasteiger partial charge < -0.3 is 9.84 Å². The molecule has 100 valence electrons. The van der Waals surface area contributed by atoms with Crippen LogP contribution in [0.25, 0.3) is 0 Å². The number of halogens is 1. The Morgan fingerprint density at radius 1 is 1.39 bits per heavy atom. The van der Waals surface area contributed by atoms with Crippen molar-refractivity contribution in [2.75, 3.05) is 13.7 Å². The van der Waals surface area contributed by atoms with Gasteiger partial charge in [0.05, 0.1) is 5.92 Å². The van der Waals surface area contributed by atoms with Gasteiger partial charge >= 0.3 is 5.97 Å². The van der Waals surface area contributed by atoms with Gasteiger partial charge in [-0.05, 0) is 36.5 Å². The van der Waals surface area contributed by atoms with Crippen LogP contribution in [0.4, 0.5) is 4.39 Å². The van der Waals surface area contributed by atoms with Gasteiger partial charge in [0.25, 0.3) is 0 Å². The van der Waals surface area contributed by atoms with Crippen LogP contribution in [0.5, 0.6) is 0 Å². The molecular formula is C14H19FO3. The van der Waals surface area contributed by atoms with Crippen LogP contribution < -0.4 is 0 Å². The van der Waals surface area contributed by atoms with Crippen LogP contribution in [0, 0.1) is 17.7 Å². The number of benzene rings is 1. The quantitative estimate of drug-likeness (QED) is 0.813. The lowest BCUT2D eigenvalue weighted by molar-refractivity contribution is -0.143. The molecule has 0 spiro atoms. The summed E-state index contributed by atoms with van der Waals surface area (Å²) in [6.45, 7) is 2.45. The van der Waals surface area contributed by atoms with Crippen molar-refractivity contribution in [3.63, 3.8) is 0 Å². The van der Waals surface area contributed by atoms with Crippen molar-refractivity contribution in [2.45, 2.75) is 19.8 Å². The summed E-state index contributed by atoms with van der Waals surface area (Å²) in [5.74, 6) is -1.57. The summed E-state index contributed by atoms with van der Waals surface area (Å²) in [7, 11) is 1.60. The second kappa shape index (κ2) is 7.11. The van der Waals surface area contributed by atoms with E-state index in [-0.39, 0.29) is 11.7 Å². The number of rotatable bonds is 7. The zero-order valence-electron chi connectivity index (χ0n) is 10.7.